The topological polar surface area (TPSA) is 60.8 Å². The Labute approximate surface area is 154 Å². The van der Waals surface area contributed by atoms with Crippen LogP contribution in [0, 0.1) is 6.92 Å². The number of aryl methyl sites for hydroxylation is 3. The summed E-state index contributed by atoms with van der Waals surface area (Å²) in [4.78, 5) is 17.2. The molecule has 0 amide bonds. The van der Waals surface area contributed by atoms with Crippen molar-refractivity contribution in [1.29, 1.82) is 0 Å². The Bertz CT molecular complexity index is 927. The van der Waals surface area contributed by atoms with Gasteiger partial charge in [-0.05, 0) is 37.5 Å². The fraction of sp³-hybridized carbons (Fsp3) is 0.263. The largest absolute Gasteiger partial charge is 0.481 e. The number of nitrogens with zero attached hydrogens (tertiary/aromatic N) is 4. The van der Waals surface area contributed by atoms with E-state index in [0.29, 0.717) is 35.9 Å². The van der Waals surface area contributed by atoms with Crippen molar-refractivity contribution in [2.45, 2.75) is 25.9 Å². The molecule has 27 heavy (non-hydrogen) atoms. The van der Waals surface area contributed by atoms with E-state index in [1.165, 1.54) is 19.2 Å². The van der Waals surface area contributed by atoms with Crippen LogP contribution in [0.4, 0.5) is 13.2 Å². The predicted octanol–water partition coefficient (Wildman–Crippen LogP) is 4.05. The number of ether oxygens (including phenoxy) is 1. The first-order chi connectivity index (χ1) is 12.8. The lowest BCUT2D eigenvalue weighted by atomic mass is 10.1. The molecular formula is C19H17F3N4O. The normalized spacial score (nSPS) is 11.4. The molecule has 0 aliphatic carbocycles. The van der Waals surface area contributed by atoms with Gasteiger partial charge in [-0.2, -0.15) is 18.2 Å². The van der Waals surface area contributed by atoms with Gasteiger partial charge in [0.25, 0.3) is 0 Å². The molecule has 3 rings (SSSR count). The summed E-state index contributed by atoms with van der Waals surface area (Å²) in [7, 11) is 1.53. The van der Waals surface area contributed by atoms with Gasteiger partial charge < -0.3 is 4.74 Å². The maximum absolute atomic E-state index is 12.6. The van der Waals surface area contributed by atoms with Crippen molar-refractivity contribution in [1.82, 2.24) is 19.9 Å². The van der Waals surface area contributed by atoms with Crippen LogP contribution in [0.1, 0.15) is 22.6 Å². The monoisotopic (exact) mass is 374 g/mol. The molecule has 0 saturated heterocycles. The molecule has 0 fully saturated rings. The van der Waals surface area contributed by atoms with Crippen molar-refractivity contribution in [3.63, 3.8) is 0 Å². The third-order valence-corrected chi connectivity index (χ3v) is 3.92. The summed E-state index contributed by atoms with van der Waals surface area (Å²) in [5, 5.41) is 0. The van der Waals surface area contributed by atoms with Gasteiger partial charge in [0, 0.05) is 12.3 Å². The molecule has 2 heterocycles. The Morgan fingerprint density at radius 2 is 1.67 bits per heavy atom. The van der Waals surface area contributed by atoms with Crippen LogP contribution in [0.5, 0.6) is 5.88 Å². The molecule has 0 saturated carbocycles. The highest BCUT2D eigenvalue weighted by atomic mass is 19.4. The van der Waals surface area contributed by atoms with Crippen LogP contribution in [-0.2, 0) is 19.0 Å². The second-order valence-electron chi connectivity index (χ2n) is 5.93. The van der Waals surface area contributed by atoms with Crippen molar-refractivity contribution < 1.29 is 17.9 Å². The number of aromatic nitrogens is 4. The summed E-state index contributed by atoms with van der Waals surface area (Å²) in [5.74, 6) is 0.996. The summed E-state index contributed by atoms with van der Waals surface area (Å²) >= 11 is 0. The summed E-state index contributed by atoms with van der Waals surface area (Å²) in [6, 6.07) is 6.83. The van der Waals surface area contributed by atoms with E-state index in [1.807, 2.05) is 0 Å². The van der Waals surface area contributed by atoms with E-state index in [1.54, 1.807) is 25.4 Å². The average Bonchev–Trinajstić information content (AvgIpc) is 2.65. The molecule has 0 aliphatic heterocycles. The summed E-state index contributed by atoms with van der Waals surface area (Å²) in [6.07, 6.45) is 0.0204. The maximum atomic E-state index is 12.6. The van der Waals surface area contributed by atoms with Crippen LogP contribution >= 0.6 is 0 Å². The predicted molar refractivity (Wildman–Crippen MR) is 93.2 cm³/mol. The molecule has 5 nitrogen and oxygen atoms in total. The minimum absolute atomic E-state index is 0.439. The van der Waals surface area contributed by atoms with Gasteiger partial charge in [0.05, 0.1) is 30.3 Å². The zero-order valence-electron chi connectivity index (χ0n) is 14.8. The summed E-state index contributed by atoms with van der Waals surface area (Å²) < 4.78 is 43.0. The van der Waals surface area contributed by atoms with E-state index in [-0.39, 0.29) is 0 Å². The molecule has 0 spiro atoms. The smallest absolute Gasteiger partial charge is 0.416 e. The first-order valence-corrected chi connectivity index (χ1v) is 8.22. The highest BCUT2D eigenvalue weighted by molar-refractivity contribution is 5.54. The Morgan fingerprint density at radius 1 is 0.926 bits per heavy atom. The van der Waals surface area contributed by atoms with Crippen molar-refractivity contribution in [3.8, 4) is 17.3 Å². The van der Waals surface area contributed by atoms with Crippen LogP contribution in [0.15, 0.2) is 42.7 Å². The molecule has 8 heteroatoms. The number of alkyl halides is 3. The van der Waals surface area contributed by atoms with Crippen molar-refractivity contribution in [2.24, 2.45) is 0 Å². The second kappa shape index (κ2) is 7.69. The van der Waals surface area contributed by atoms with Gasteiger partial charge in [-0.1, -0.05) is 12.1 Å². The fourth-order valence-electron chi connectivity index (χ4n) is 2.56. The summed E-state index contributed by atoms with van der Waals surface area (Å²) in [5.41, 5.74) is 2.06. The van der Waals surface area contributed by atoms with Crippen LogP contribution in [0.3, 0.4) is 0 Å². The van der Waals surface area contributed by atoms with Gasteiger partial charge in [0.15, 0.2) is 0 Å². The van der Waals surface area contributed by atoms with E-state index in [0.717, 1.165) is 23.4 Å². The molecule has 1 aromatic carbocycles. The van der Waals surface area contributed by atoms with Gasteiger partial charge in [0.1, 0.15) is 11.5 Å². The van der Waals surface area contributed by atoms with Gasteiger partial charge in [-0.25, -0.2) is 9.97 Å². The highest BCUT2D eigenvalue weighted by Crippen LogP contribution is 2.29. The summed E-state index contributed by atoms with van der Waals surface area (Å²) in [6.45, 7) is 1.76. The second-order valence-corrected chi connectivity index (χ2v) is 5.93. The molecule has 0 N–H and O–H groups in total. The van der Waals surface area contributed by atoms with Crippen LogP contribution in [0.2, 0.25) is 0 Å². The number of halogens is 3. The quantitative estimate of drug-likeness (QED) is 0.674. The van der Waals surface area contributed by atoms with E-state index in [2.05, 4.69) is 19.9 Å². The number of hydrogen-bond donors (Lipinski definition) is 0. The SMILES string of the molecule is COc1cc(-c2cncc(CCc3ccc(C(F)(F)F)cc3)n2)nc(C)n1. The Kier molecular flexibility index (Phi) is 5.34. The molecular weight excluding hydrogens is 357 g/mol. The first kappa shape index (κ1) is 18.8. The van der Waals surface area contributed by atoms with Gasteiger partial charge in [-0.3, -0.25) is 4.98 Å². The Balaban J connectivity index is 1.74. The van der Waals surface area contributed by atoms with E-state index in [9.17, 15) is 13.2 Å². The van der Waals surface area contributed by atoms with E-state index in [4.69, 9.17) is 4.74 Å². The number of rotatable bonds is 5. The fourth-order valence-corrected chi connectivity index (χ4v) is 2.56. The molecule has 0 atom stereocenters. The third kappa shape index (κ3) is 4.78. The van der Waals surface area contributed by atoms with Crippen molar-refractivity contribution >= 4 is 0 Å². The highest BCUT2D eigenvalue weighted by Gasteiger charge is 2.29. The number of methoxy groups -OCH3 is 1. The maximum Gasteiger partial charge on any atom is 0.416 e. The molecule has 0 radical (unpaired) electrons. The molecule has 0 aliphatic rings. The van der Waals surface area contributed by atoms with Crippen molar-refractivity contribution in [2.75, 3.05) is 7.11 Å². The van der Waals surface area contributed by atoms with Gasteiger partial charge in [-0.15, -0.1) is 0 Å². The van der Waals surface area contributed by atoms with Crippen LogP contribution in [-0.4, -0.2) is 27.0 Å². The van der Waals surface area contributed by atoms with Gasteiger partial charge >= 0.3 is 6.18 Å². The lowest BCUT2D eigenvalue weighted by Crippen LogP contribution is -2.05. The van der Waals surface area contributed by atoms with Gasteiger partial charge in [0.2, 0.25) is 5.88 Å². The zero-order valence-corrected chi connectivity index (χ0v) is 14.8. The standard InChI is InChI=1S/C19H17F3N4O/c1-12-24-16(9-18(25-12)27-2)17-11-23-10-15(26-17)8-5-13-3-6-14(7-4-13)19(20,21)22/h3-4,6-7,9-11H,5,8H2,1-2H3. The average molecular weight is 374 g/mol. The molecule has 3 aromatic rings. The number of benzene rings is 1. The van der Waals surface area contributed by atoms with E-state index >= 15 is 0 Å². The van der Waals surface area contributed by atoms with Crippen LogP contribution < -0.4 is 4.74 Å². The molecule has 140 valence electrons. The lowest BCUT2D eigenvalue weighted by Gasteiger charge is -2.08. The minimum Gasteiger partial charge on any atom is -0.481 e. The molecule has 0 unspecified atom stereocenters. The van der Waals surface area contributed by atoms with E-state index < -0.39 is 11.7 Å². The molecule has 0 bridgehead atoms. The van der Waals surface area contributed by atoms with Crippen molar-refractivity contribution in [3.05, 3.63) is 65.4 Å². The molecule has 2 aromatic heterocycles. The minimum atomic E-state index is -4.32. The Morgan fingerprint density at radius 3 is 2.33 bits per heavy atom. The first-order valence-electron chi connectivity index (χ1n) is 8.22. The Hall–Kier alpha value is -3.03. The van der Waals surface area contributed by atoms with Crippen LogP contribution in [0.25, 0.3) is 11.4 Å². The lowest BCUT2D eigenvalue weighted by molar-refractivity contribution is -0.137. The third-order valence-electron chi connectivity index (χ3n) is 3.92. The zero-order chi connectivity index (χ0) is 19.4. The number of hydrogen-bond acceptors (Lipinski definition) is 5.